The Kier molecular flexibility index (Phi) is 13.6. The molecule has 1 unspecified atom stereocenters. The van der Waals surface area contributed by atoms with E-state index in [1.165, 1.54) is 44.9 Å². The third kappa shape index (κ3) is 10.8. The van der Waals surface area contributed by atoms with E-state index in [0.29, 0.717) is 13.0 Å². The maximum Gasteiger partial charge on any atom is 0.309 e. The molecule has 0 aliphatic heterocycles. The van der Waals surface area contributed by atoms with Gasteiger partial charge >= 0.3 is 5.97 Å². The van der Waals surface area contributed by atoms with Crippen molar-refractivity contribution in [3.8, 4) is 0 Å². The second kappa shape index (κ2) is 14.4. The van der Waals surface area contributed by atoms with Crippen LogP contribution in [0.3, 0.4) is 0 Å². The summed E-state index contributed by atoms with van der Waals surface area (Å²) >= 11 is 0. The summed E-state index contributed by atoms with van der Waals surface area (Å²) in [5, 5.41) is 0. The first kappa shape index (κ1) is 18.9. The maximum atomic E-state index is 11.8. The molecule has 1 atom stereocenters. The van der Waals surface area contributed by atoms with Crippen molar-refractivity contribution in [3.63, 3.8) is 0 Å². The fraction of sp³-hybridized carbons (Fsp3) is 0.722. The third-order valence-electron chi connectivity index (χ3n) is 3.53. The van der Waals surface area contributed by atoms with Gasteiger partial charge < -0.3 is 4.74 Å². The first-order valence-electron chi connectivity index (χ1n) is 8.14. The Balaban J connectivity index is 3.67. The van der Waals surface area contributed by atoms with Crippen LogP contribution in [0.5, 0.6) is 0 Å². The van der Waals surface area contributed by atoms with Crippen LogP contribution in [-0.4, -0.2) is 12.6 Å². The minimum absolute atomic E-state index is 0.0208. The van der Waals surface area contributed by atoms with Crippen molar-refractivity contribution in [2.45, 2.75) is 71.1 Å². The lowest BCUT2D eigenvalue weighted by molar-refractivity contribution is -0.147. The van der Waals surface area contributed by atoms with E-state index >= 15 is 0 Å². The van der Waals surface area contributed by atoms with Crippen LogP contribution in [0.25, 0.3) is 0 Å². The predicted octanol–water partition coefficient (Wildman–Crippen LogP) is 5.44. The van der Waals surface area contributed by atoms with E-state index < -0.39 is 0 Å². The molecule has 0 N–H and O–H groups in total. The zero-order valence-electron chi connectivity index (χ0n) is 13.2. The van der Waals surface area contributed by atoms with Gasteiger partial charge in [-0.25, -0.2) is 0 Å². The number of hydrogen-bond acceptors (Lipinski definition) is 2. The highest BCUT2D eigenvalue weighted by Crippen LogP contribution is 2.17. The molecule has 2 nitrogen and oxygen atoms in total. The molecule has 0 aliphatic rings. The molecule has 20 heavy (non-hydrogen) atoms. The number of rotatable bonds is 14. The summed E-state index contributed by atoms with van der Waals surface area (Å²) < 4.78 is 5.12. The van der Waals surface area contributed by atoms with Crippen molar-refractivity contribution in [3.05, 3.63) is 25.3 Å². The monoisotopic (exact) mass is 280 g/mol. The molecule has 0 spiro atoms. The number of carbonyl (C=O) groups excluding carboxylic acids is 1. The number of hydrogen-bond donors (Lipinski definition) is 0. The highest BCUT2D eigenvalue weighted by Gasteiger charge is 2.17. The predicted molar refractivity (Wildman–Crippen MR) is 86.7 cm³/mol. The molecule has 0 aromatic carbocycles. The van der Waals surface area contributed by atoms with Crippen LogP contribution in [0.4, 0.5) is 0 Å². The van der Waals surface area contributed by atoms with Crippen LogP contribution >= 0.6 is 0 Å². The van der Waals surface area contributed by atoms with Crippen LogP contribution < -0.4 is 0 Å². The normalized spacial score (nSPS) is 11.8. The number of ether oxygens (including phenoxy) is 1. The molecular formula is C18H32O2. The molecule has 0 saturated heterocycles. The summed E-state index contributed by atoms with van der Waals surface area (Å²) in [6, 6.07) is 0. The Morgan fingerprint density at radius 2 is 1.60 bits per heavy atom. The Hall–Kier alpha value is -1.05. The molecule has 0 heterocycles. The second-order valence-electron chi connectivity index (χ2n) is 5.40. The van der Waals surface area contributed by atoms with Gasteiger partial charge in [0.05, 0.1) is 5.92 Å². The topological polar surface area (TPSA) is 26.3 Å². The zero-order valence-corrected chi connectivity index (χ0v) is 13.2. The van der Waals surface area contributed by atoms with Crippen molar-refractivity contribution < 1.29 is 9.53 Å². The fourth-order valence-electron chi connectivity index (χ4n) is 2.32. The van der Waals surface area contributed by atoms with E-state index in [1.54, 1.807) is 6.08 Å². The number of esters is 1. The molecule has 0 fully saturated rings. The van der Waals surface area contributed by atoms with Crippen molar-refractivity contribution >= 4 is 5.97 Å². The molecule has 0 bridgehead atoms. The molecule has 0 aromatic heterocycles. The highest BCUT2D eigenvalue weighted by atomic mass is 16.5. The summed E-state index contributed by atoms with van der Waals surface area (Å²) in [5.74, 6) is -0.125. The highest BCUT2D eigenvalue weighted by molar-refractivity contribution is 5.72. The van der Waals surface area contributed by atoms with Gasteiger partial charge in [0, 0.05) is 0 Å². The molecule has 0 aromatic rings. The van der Waals surface area contributed by atoms with E-state index in [4.69, 9.17) is 4.74 Å². The molecule has 0 radical (unpaired) electrons. The smallest absolute Gasteiger partial charge is 0.309 e. The van der Waals surface area contributed by atoms with Crippen molar-refractivity contribution in [2.24, 2.45) is 5.92 Å². The Morgan fingerprint density at radius 1 is 1.00 bits per heavy atom. The van der Waals surface area contributed by atoms with Gasteiger partial charge in [0.1, 0.15) is 6.61 Å². The van der Waals surface area contributed by atoms with E-state index in [9.17, 15) is 4.79 Å². The SMILES string of the molecule is C=CCOC(=O)C(CC=C)CCCCCCCCCC. The molecule has 2 heteroatoms. The van der Waals surface area contributed by atoms with Gasteiger partial charge in [-0.05, 0) is 12.8 Å². The summed E-state index contributed by atoms with van der Waals surface area (Å²) in [6.45, 7) is 9.83. The van der Waals surface area contributed by atoms with E-state index in [2.05, 4.69) is 20.1 Å². The Bertz CT molecular complexity index is 258. The number of carbonyl (C=O) groups is 1. The number of allylic oxidation sites excluding steroid dienone is 1. The first-order chi connectivity index (χ1) is 9.76. The molecule has 116 valence electrons. The lowest BCUT2D eigenvalue weighted by Crippen LogP contribution is -2.17. The largest absolute Gasteiger partial charge is 0.461 e. The average Bonchev–Trinajstić information content (AvgIpc) is 2.46. The molecule has 0 amide bonds. The second-order valence-corrected chi connectivity index (χ2v) is 5.40. The van der Waals surface area contributed by atoms with Gasteiger partial charge in [-0.2, -0.15) is 0 Å². The van der Waals surface area contributed by atoms with Gasteiger partial charge in [-0.3, -0.25) is 4.79 Å². The summed E-state index contributed by atoms with van der Waals surface area (Å²) in [5.41, 5.74) is 0. The molecule has 0 saturated carbocycles. The summed E-state index contributed by atoms with van der Waals surface area (Å²) in [7, 11) is 0. The van der Waals surface area contributed by atoms with Gasteiger partial charge in [-0.1, -0.05) is 77.0 Å². The van der Waals surface area contributed by atoms with Crippen LogP contribution in [-0.2, 0) is 9.53 Å². The Labute approximate surface area is 125 Å². The molecule has 0 rings (SSSR count). The molecular weight excluding hydrogens is 248 g/mol. The van der Waals surface area contributed by atoms with Crippen molar-refractivity contribution in [1.29, 1.82) is 0 Å². The maximum absolute atomic E-state index is 11.8. The van der Waals surface area contributed by atoms with E-state index in [1.807, 2.05) is 6.08 Å². The van der Waals surface area contributed by atoms with Crippen molar-refractivity contribution in [1.82, 2.24) is 0 Å². The third-order valence-corrected chi connectivity index (χ3v) is 3.53. The van der Waals surface area contributed by atoms with Crippen LogP contribution in [0.2, 0.25) is 0 Å². The van der Waals surface area contributed by atoms with Crippen LogP contribution in [0.1, 0.15) is 71.1 Å². The van der Waals surface area contributed by atoms with Gasteiger partial charge in [0.2, 0.25) is 0 Å². The quantitative estimate of drug-likeness (QED) is 0.241. The van der Waals surface area contributed by atoms with E-state index in [0.717, 1.165) is 12.8 Å². The Morgan fingerprint density at radius 3 is 2.15 bits per heavy atom. The number of unbranched alkanes of at least 4 members (excludes halogenated alkanes) is 7. The van der Waals surface area contributed by atoms with Crippen LogP contribution in [0, 0.1) is 5.92 Å². The van der Waals surface area contributed by atoms with Crippen molar-refractivity contribution in [2.75, 3.05) is 6.61 Å². The summed E-state index contributed by atoms with van der Waals surface area (Å²) in [6.07, 6.45) is 15.4. The average molecular weight is 280 g/mol. The lowest BCUT2D eigenvalue weighted by Gasteiger charge is -2.13. The zero-order chi connectivity index (χ0) is 15.1. The van der Waals surface area contributed by atoms with Gasteiger partial charge in [-0.15, -0.1) is 6.58 Å². The fourth-order valence-corrected chi connectivity index (χ4v) is 2.32. The lowest BCUT2D eigenvalue weighted by atomic mass is 9.97. The standard InChI is InChI=1S/C18H32O2/c1-4-7-8-9-10-11-12-13-15-17(14-5-2)18(19)20-16-6-3/h5-6,17H,2-4,7-16H2,1H3. The summed E-state index contributed by atoms with van der Waals surface area (Å²) in [4.78, 5) is 11.8. The van der Waals surface area contributed by atoms with Gasteiger partial charge in [0.25, 0.3) is 0 Å². The van der Waals surface area contributed by atoms with E-state index in [-0.39, 0.29) is 11.9 Å². The van der Waals surface area contributed by atoms with Gasteiger partial charge in [0.15, 0.2) is 0 Å². The minimum Gasteiger partial charge on any atom is -0.461 e. The van der Waals surface area contributed by atoms with Crippen LogP contribution in [0.15, 0.2) is 25.3 Å². The molecule has 0 aliphatic carbocycles. The first-order valence-corrected chi connectivity index (χ1v) is 8.14. The minimum atomic E-state index is -0.104.